The molecule has 0 rings (SSSR count). The highest BCUT2D eigenvalue weighted by Crippen LogP contribution is 1.99. The monoisotopic (exact) mass is 166 g/mol. The number of carbonyl (C=O) groups is 1. The zero-order valence-corrected chi connectivity index (χ0v) is 7.12. The quantitative estimate of drug-likeness (QED) is 0.373. The van der Waals surface area contributed by atoms with Crippen LogP contribution in [0.25, 0.3) is 0 Å². The van der Waals surface area contributed by atoms with E-state index in [0.717, 1.165) is 25.7 Å². The van der Waals surface area contributed by atoms with Crippen molar-refractivity contribution >= 4 is 5.97 Å². The van der Waals surface area contributed by atoms with Crippen LogP contribution in [0.3, 0.4) is 0 Å². The molecule has 0 fully saturated rings. The van der Waals surface area contributed by atoms with E-state index in [1.54, 1.807) is 6.08 Å². The van der Waals surface area contributed by atoms with Crippen molar-refractivity contribution in [2.24, 2.45) is 0 Å². The Bertz CT molecular complexity index is 187. The van der Waals surface area contributed by atoms with Gasteiger partial charge in [-0.2, -0.15) is 0 Å². The molecule has 12 heavy (non-hydrogen) atoms. The number of rotatable bonds is 6. The highest BCUT2D eigenvalue weighted by atomic mass is 16.4. The van der Waals surface area contributed by atoms with E-state index in [4.69, 9.17) is 11.5 Å². The van der Waals surface area contributed by atoms with Crippen molar-refractivity contribution in [1.82, 2.24) is 0 Å². The molecule has 0 aromatic rings. The summed E-state index contributed by atoms with van der Waals surface area (Å²) < 4.78 is 0. The maximum absolute atomic E-state index is 10.1. The van der Waals surface area contributed by atoms with Gasteiger partial charge in [0.1, 0.15) is 0 Å². The minimum absolute atomic E-state index is 0.120. The van der Waals surface area contributed by atoms with Crippen molar-refractivity contribution in [3.05, 3.63) is 12.2 Å². The van der Waals surface area contributed by atoms with Gasteiger partial charge in [0.15, 0.2) is 0 Å². The van der Waals surface area contributed by atoms with E-state index in [0.29, 0.717) is 0 Å². The van der Waals surface area contributed by atoms with Crippen LogP contribution in [0.5, 0.6) is 0 Å². The summed E-state index contributed by atoms with van der Waals surface area (Å²) in [7, 11) is 0. The molecule has 2 nitrogen and oxygen atoms in total. The summed E-state index contributed by atoms with van der Waals surface area (Å²) in [5.41, 5.74) is 0. The Morgan fingerprint density at radius 3 is 2.75 bits per heavy atom. The van der Waals surface area contributed by atoms with Gasteiger partial charge >= 0.3 is 5.97 Å². The second kappa shape index (κ2) is 7.87. The van der Waals surface area contributed by atoms with Crippen LogP contribution in [-0.4, -0.2) is 11.1 Å². The van der Waals surface area contributed by atoms with Crippen LogP contribution in [0.15, 0.2) is 12.2 Å². The Morgan fingerprint density at radius 2 is 2.17 bits per heavy atom. The van der Waals surface area contributed by atoms with Gasteiger partial charge in [-0.3, -0.25) is 4.79 Å². The molecule has 0 amide bonds. The fourth-order valence-electron chi connectivity index (χ4n) is 0.791. The van der Waals surface area contributed by atoms with Crippen LogP contribution in [-0.2, 0) is 4.79 Å². The summed E-state index contributed by atoms with van der Waals surface area (Å²) in [6.45, 7) is 0. The first-order valence-corrected chi connectivity index (χ1v) is 4.07. The molecule has 0 saturated carbocycles. The standard InChI is InChI=1S/C10H14O2/c1-2-3-4-5-6-7-8-9-10(11)12/h1,7-8H,3-6,9H2,(H,11,12)/b8-7+. The summed E-state index contributed by atoms with van der Waals surface area (Å²) in [6, 6.07) is 0. The lowest BCUT2D eigenvalue weighted by atomic mass is 10.2. The zero-order chi connectivity index (χ0) is 9.23. The number of hydrogen-bond acceptors (Lipinski definition) is 1. The minimum atomic E-state index is -0.783. The normalized spacial score (nSPS) is 9.92. The van der Waals surface area contributed by atoms with E-state index in [1.165, 1.54) is 0 Å². The molecule has 0 aromatic carbocycles. The SMILES string of the molecule is C#CCCCC/C=C/CC(=O)O. The number of carboxylic acid groups (broad SMARTS) is 1. The molecule has 1 N–H and O–H groups in total. The highest BCUT2D eigenvalue weighted by Gasteiger charge is 1.88. The van der Waals surface area contributed by atoms with Crippen LogP contribution in [0.1, 0.15) is 32.1 Å². The molecule has 0 aliphatic carbocycles. The van der Waals surface area contributed by atoms with Crippen molar-refractivity contribution in [3.63, 3.8) is 0 Å². The third kappa shape index (κ3) is 8.77. The number of allylic oxidation sites excluding steroid dienone is 1. The Hall–Kier alpha value is -1.23. The predicted molar refractivity (Wildman–Crippen MR) is 48.7 cm³/mol. The molecule has 0 saturated heterocycles. The van der Waals surface area contributed by atoms with Gasteiger partial charge in [0.05, 0.1) is 6.42 Å². The molecule has 0 spiro atoms. The molecular weight excluding hydrogens is 152 g/mol. The summed E-state index contributed by atoms with van der Waals surface area (Å²) >= 11 is 0. The van der Waals surface area contributed by atoms with Gasteiger partial charge in [-0.1, -0.05) is 12.2 Å². The summed E-state index contributed by atoms with van der Waals surface area (Å²) in [4.78, 5) is 10.1. The smallest absolute Gasteiger partial charge is 0.307 e. The van der Waals surface area contributed by atoms with E-state index in [2.05, 4.69) is 5.92 Å². The fraction of sp³-hybridized carbons (Fsp3) is 0.500. The first-order valence-electron chi connectivity index (χ1n) is 4.07. The van der Waals surface area contributed by atoms with Gasteiger partial charge in [-0.05, 0) is 19.3 Å². The summed E-state index contributed by atoms with van der Waals surface area (Å²) in [5, 5.41) is 8.28. The number of aliphatic carboxylic acids is 1. The number of terminal acetylenes is 1. The zero-order valence-electron chi connectivity index (χ0n) is 7.12. The molecule has 0 bridgehead atoms. The van der Waals surface area contributed by atoms with Gasteiger partial charge < -0.3 is 5.11 Å². The predicted octanol–water partition coefficient (Wildman–Crippen LogP) is 2.21. The van der Waals surface area contributed by atoms with Gasteiger partial charge in [-0.25, -0.2) is 0 Å². The number of carboxylic acids is 1. The van der Waals surface area contributed by atoms with Crippen molar-refractivity contribution in [2.75, 3.05) is 0 Å². The lowest BCUT2D eigenvalue weighted by molar-refractivity contribution is -0.136. The minimum Gasteiger partial charge on any atom is -0.481 e. The molecule has 0 heterocycles. The van der Waals surface area contributed by atoms with Crippen molar-refractivity contribution in [1.29, 1.82) is 0 Å². The molecule has 0 aliphatic heterocycles. The molecule has 0 aliphatic rings. The van der Waals surface area contributed by atoms with E-state index in [-0.39, 0.29) is 6.42 Å². The number of unbranched alkanes of at least 4 members (excludes halogenated alkanes) is 3. The molecule has 0 aromatic heterocycles. The summed E-state index contributed by atoms with van der Waals surface area (Å²) in [6.07, 6.45) is 12.6. The molecule has 0 atom stereocenters. The van der Waals surface area contributed by atoms with Crippen molar-refractivity contribution in [3.8, 4) is 12.3 Å². The fourth-order valence-corrected chi connectivity index (χ4v) is 0.791. The first kappa shape index (κ1) is 10.8. The third-order valence-corrected chi connectivity index (χ3v) is 1.40. The van der Waals surface area contributed by atoms with Crippen LogP contribution < -0.4 is 0 Å². The topological polar surface area (TPSA) is 37.3 Å². The van der Waals surface area contributed by atoms with Crippen LogP contribution in [0.2, 0.25) is 0 Å². The molecule has 2 heteroatoms. The van der Waals surface area contributed by atoms with Gasteiger partial charge in [0, 0.05) is 6.42 Å². The molecule has 66 valence electrons. The van der Waals surface area contributed by atoms with E-state index < -0.39 is 5.97 Å². The first-order chi connectivity index (χ1) is 5.77. The lowest BCUT2D eigenvalue weighted by Gasteiger charge is -1.90. The Morgan fingerprint density at radius 1 is 1.42 bits per heavy atom. The van der Waals surface area contributed by atoms with E-state index in [1.807, 2.05) is 6.08 Å². The molecule has 0 unspecified atom stereocenters. The maximum Gasteiger partial charge on any atom is 0.307 e. The Labute approximate surface area is 73.3 Å². The highest BCUT2D eigenvalue weighted by molar-refractivity contribution is 5.68. The van der Waals surface area contributed by atoms with Gasteiger partial charge in [0.2, 0.25) is 0 Å². The van der Waals surface area contributed by atoms with Crippen molar-refractivity contribution < 1.29 is 9.90 Å². The van der Waals surface area contributed by atoms with E-state index in [9.17, 15) is 4.79 Å². The van der Waals surface area contributed by atoms with Crippen molar-refractivity contribution in [2.45, 2.75) is 32.1 Å². The largest absolute Gasteiger partial charge is 0.481 e. The lowest BCUT2D eigenvalue weighted by Crippen LogP contribution is -1.89. The Balaban J connectivity index is 3.14. The average Bonchev–Trinajstić information content (AvgIpc) is 2.02. The van der Waals surface area contributed by atoms with Crippen LogP contribution in [0, 0.1) is 12.3 Å². The summed E-state index contributed by atoms with van der Waals surface area (Å²) in [5.74, 6) is 1.78. The second-order valence-corrected chi connectivity index (χ2v) is 2.52. The number of hydrogen-bond donors (Lipinski definition) is 1. The average molecular weight is 166 g/mol. The maximum atomic E-state index is 10.1. The molecular formula is C10H14O2. The van der Waals surface area contributed by atoms with Gasteiger partial charge in [-0.15, -0.1) is 12.3 Å². The van der Waals surface area contributed by atoms with Crippen LogP contribution >= 0.6 is 0 Å². The second-order valence-electron chi connectivity index (χ2n) is 2.52. The van der Waals surface area contributed by atoms with Gasteiger partial charge in [0.25, 0.3) is 0 Å². The third-order valence-electron chi connectivity index (χ3n) is 1.40. The molecule has 0 radical (unpaired) electrons. The Kier molecular flexibility index (Phi) is 7.07. The van der Waals surface area contributed by atoms with E-state index >= 15 is 0 Å². The van der Waals surface area contributed by atoms with Crippen LogP contribution in [0.4, 0.5) is 0 Å².